The normalized spacial score (nSPS) is 12.9. The van der Waals surface area contributed by atoms with Crippen LogP contribution in [0.4, 0.5) is 4.39 Å². The van der Waals surface area contributed by atoms with Crippen LogP contribution in [0.25, 0.3) is 0 Å². The summed E-state index contributed by atoms with van der Waals surface area (Å²) in [7, 11) is 0. The van der Waals surface area contributed by atoms with Gasteiger partial charge in [0.1, 0.15) is 5.82 Å². The van der Waals surface area contributed by atoms with Crippen molar-refractivity contribution in [3.8, 4) is 0 Å². The number of thiophene rings is 1. The molecule has 24 heavy (non-hydrogen) atoms. The summed E-state index contributed by atoms with van der Waals surface area (Å²) in [5.74, 6) is 0.207. The van der Waals surface area contributed by atoms with Crippen molar-refractivity contribution in [2.24, 2.45) is 4.99 Å². The Kier molecular flexibility index (Phi) is 7.21. The van der Waals surface area contributed by atoms with Crippen LogP contribution in [0.1, 0.15) is 35.3 Å². The summed E-state index contributed by atoms with van der Waals surface area (Å²) in [6, 6.07) is 10.5. The summed E-state index contributed by atoms with van der Waals surface area (Å²) in [5.41, 5.74) is 0.284. The zero-order valence-corrected chi connectivity index (χ0v) is 14.9. The molecular weight excluding hydrogens is 325 g/mol. The Bertz CT molecular complexity index is 672. The van der Waals surface area contributed by atoms with Gasteiger partial charge >= 0.3 is 0 Å². The Morgan fingerprint density at radius 2 is 1.92 bits per heavy atom. The Hall–Kier alpha value is -1.92. The fourth-order valence-electron chi connectivity index (χ4n) is 2.24. The van der Waals surface area contributed by atoms with Crippen molar-refractivity contribution in [3.05, 3.63) is 57.5 Å². The van der Waals surface area contributed by atoms with Crippen molar-refractivity contribution in [1.82, 2.24) is 10.6 Å². The van der Waals surface area contributed by atoms with Gasteiger partial charge in [-0.1, -0.05) is 25.1 Å². The molecule has 2 rings (SSSR count). The number of halogens is 1. The Labute approximate surface area is 146 Å². The molecule has 1 heterocycles. The molecule has 0 bridgehead atoms. The van der Waals surface area contributed by atoms with Gasteiger partial charge in [-0.25, -0.2) is 9.38 Å². The highest BCUT2D eigenvalue weighted by molar-refractivity contribution is 7.11. The van der Waals surface area contributed by atoms with Crippen LogP contribution in [0.15, 0.2) is 41.4 Å². The highest BCUT2D eigenvalue weighted by atomic mass is 32.1. The molecule has 0 saturated carbocycles. The first-order valence-corrected chi connectivity index (χ1v) is 8.98. The third-order valence-electron chi connectivity index (χ3n) is 3.53. The Balaban J connectivity index is 1.95. The number of aliphatic hydroxyl groups excluding tert-OH is 1. The molecule has 0 aliphatic carbocycles. The molecule has 0 saturated heterocycles. The quantitative estimate of drug-likeness (QED) is 0.531. The van der Waals surface area contributed by atoms with E-state index in [1.165, 1.54) is 15.8 Å². The number of benzene rings is 1. The van der Waals surface area contributed by atoms with E-state index in [1.807, 2.05) is 6.92 Å². The molecule has 1 aromatic carbocycles. The minimum atomic E-state index is -0.927. The lowest BCUT2D eigenvalue weighted by atomic mass is 10.1. The summed E-state index contributed by atoms with van der Waals surface area (Å²) in [4.78, 5) is 7.05. The number of nitrogens with one attached hydrogen (secondary N) is 2. The average molecular weight is 349 g/mol. The van der Waals surface area contributed by atoms with E-state index in [2.05, 4.69) is 34.7 Å². The molecule has 0 amide bonds. The summed E-state index contributed by atoms with van der Waals surface area (Å²) in [6.45, 7) is 5.60. The summed E-state index contributed by atoms with van der Waals surface area (Å²) >= 11 is 1.75. The van der Waals surface area contributed by atoms with E-state index in [4.69, 9.17) is 0 Å². The SMILES string of the molecule is CCNC(=NCc1ccc(CC)s1)NCC(O)c1ccccc1F. The van der Waals surface area contributed by atoms with E-state index in [0.29, 0.717) is 19.0 Å². The molecule has 0 aliphatic heterocycles. The van der Waals surface area contributed by atoms with E-state index in [9.17, 15) is 9.50 Å². The molecule has 0 fully saturated rings. The Morgan fingerprint density at radius 3 is 2.58 bits per heavy atom. The van der Waals surface area contributed by atoms with Crippen molar-refractivity contribution >= 4 is 17.3 Å². The molecule has 2 aromatic rings. The molecule has 1 atom stereocenters. The van der Waals surface area contributed by atoms with Gasteiger partial charge in [0.15, 0.2) is 5.96 Å². The van der Waals surface area contributed by atoms with Crippen molar-refractivity contribution in [2.45, 2.75) is 32.9 Å². The minimum Gasteiger partial charge on any atom is -0.386 e. The van der Waals surface area contributed by atoms with E-state index in [-0.39, 0.29) is 12.1 Å². The van der Waals surface area contributed by atoms with Crippen LogP contribution in [0, 0.1) is 5.82 Å². The largest absolute Gasteiger partial charge is 0.386 e. The molecule has 3 N–H and O–H groups in total. The lowest BCUT2D eigenvalue weighted by molar-refractivity contribution is 0.176. The first kappa shape index (κ1) is 18.4. The van der Waals surface area contributed by atoms with Gasteiger partial charge in [0.2, 0.25) is 0 Å². The maximum Gasteiger partial charge on any atom is 0.191 e. The summed E-state index contributed by atoms with van der Waals surface area (Å²) in [6.07, 6.45) is 0.102. The summed E-state index contributed by atoms with van der Waals surface area (Å²) in [5, 5.41) is 16.4. The number of hydrogen-bond acceptors (Lipinski definition) is 3. The van der Waals surface area contributed by atoms with Crippen LogP contribution in [0.2, 0.25) is 0 Å². The number of aryl methyl sites for hydroxylation is 1. The monoisotopic (exact) mass is 349 g/mol. The lowest BCUT2D eigenvalue weighted by Crippen LogP contribution is -2.39. The Morgan fingerprint density at radius 1 is 1.17 bits per heavy atom. The van der Waals surface area contributed by atoms with E-state index >= 15 is 0 Å². The number of nitrogens with zero attached hydrogens (tertiary/aromatic N) is 1. The van der Waals surface area contributed by atoms with Crippen molar-refractivity contribution in [1.29, 1.82) is 0 Å². The van der Waals surface area contributed by atoms with Crippen molar-refractivity contribution in [2.75, 3.05) is 13.1 Å². The maximum atomic E-state index is 13.7. The van der Waals surface area contributed by atoms with Crippen LogP contribution in [-0.2, 0) is 13.0 Å². The molecule has 1 aromatic heterocycles. The average Bonchev–Trinajstić information content (AvgIpc) is 3.05. The second-order valence-corrected chi connectivity index (χ2v) is 6.59. The number of aliphatic hydroxyl groups is 1. The third-order valence-corrected chi connectivity index (χ3v) is 4.74. The first-order valence-electron chi connectivity index (χ1n) is 8.16. The van der Waals surface area contributed by atoms with Gasteiger partial charge in [0.25, 0.3) is 0 Å². The highest BCUT2D eigenvalue weighted by Crippen LogP contribution is 2.18. The molecule has 0 spiro atoms. The predicted molar refractivity (Wildman–Crippen MR) is 97.9 cm³/mol. The lowest BCUT2D eigenvalue weighted by Gasteiger charge is -2.16. The predicted octanol–water partition coefficient (Wildman–Crippen LogP) is 3.24. The van der Waals surface area contributed by atoms with Crippen molar-refractivity contribution < 1.29 is 9.50 Å². The van der Waals surface area contributed by atoms with Gasteiger partial charge in [0, 0.05) is 28.4 Å². The number of rotatable bonds is 7. The fourth-order valence-corrected chi connectivity index (χ4v) is 3.13. The van der Waals surface area contributed by atoms with Crippen LogP contribution < -0.4 is 10.6 Å². The number of guanidine groups is 1. The van der Waals surface area contributed by atoms with Gasteiger partial charge < -0.3 is 15.7 Å². The van der Waals surface area contributed by atoms with E-state index in [1.54, 1.807) is 29.5 Å². The second-order valence-electron chi connectivity index (χ2n) is 5.33. The van der Waals surface area contributed by atoms with Gasteiger partial charge in [-0.15, -0.1) is 11.3 Å². The molecule has 0 aliphatic rings. The van der Waals surface area contributed by atoms with Gasteiger partial charge in [-0.2, -0.15) is 0 Å². The van der Waals surface area contributed by atoms with Crippen LogP contribution in [-0.4, -0.2) is 24.2 Å². The topological polar surface area (TPSA) is 56.7 Å². The van der Waals surface area contributed by atoms with E-state index in [0.717, 1.165) is 6.42 Å². The van der Waals surface area contributed by atoms with Crippen LogP contribution in [0.3, 0.4) is 0 Å². The molecule has 1 unspecified atom stereocenters. The molecule has 130 valence electrons. The molecule has 0 radical (unpaired) electrons. The second kappa shape index (κ2) is 9.39. The molecular formula is C18H24FN3OS. The zero-order chi connectivity index (χ0) is 17.4. The standard InChI is InChI=1S/C18H24FN3OS/c1-3-13-9-10-14(24-13)11-21-18(20-4-2)22-12-17(23)15-7-5-6-8-16(15)19/h5-10,17,23H,3-4,11-12H2,1-2H3,(H2,20,21,22). The molecule has 4 nitrogen and oxygen atoms in total. The van der Waals surface area contributed by atoms with Gasteiger partial charge in [0.05, 0.1) is 12.6 Å². The maximum absolute atomic E-state index is 13.7. The zero-order valence-electron chi connectivity index (χ0n) is 14.1. The van der Waals surface area contributed by atoms with Gasteiger partial charge in [-0.3, -0.25) is 0 Å². The van der Waals surface area contributed by atoms with Crippen LogP contribution in [0.5, 0.6) is 0 Å². The van der Waals surface area contributed by atoms with Crippen molar-refractivity contribution in [3.63, 3.8) is 0 Å². The highest BCUT2D eigenvalue weighted by Gasteiger charge is 2.12. The fraction of sp³-hybridized carbons (Fsp3) is 0.389. The van der Waals surface area contributed by atoms with Gasteiger partial charge in [-0.05, 0) is 31.5 Å². The molecule has 6 heteroatoms. The van der Waals surface area contributed by atoms with E-state index < -0.39 is 11.9 Å². The third kappa shape index (κ3) is 5.32. The smallest absolute Gasteiger partial charge is 0.191 e. The number of aliphatic imine (C=N–C) groups is 1. The minimum absolute atomic E-state index is 0.192. The number of hydrogen-bond donors (Lipinski definition) is 3. The first-order chi connectivity index (χ1) is 11.6. The van der Waals surface area contributed by atoms with Crippen LogP contribution >= 0.6 is 11.3 Å². The summed E-state index contributed by atoms with van der Waals surface area (Å²) < 4.78 is 13.7.